The van der Waals surface area contributed by atoms with E-state index in [1.807, 2.05) is 0 Å². The smallest absolute Gasteiger partial charge is 0.475 e. The zero-order valence-electron chi connectivity index (χ0n) is 15.9. The van der Waals surface area contributed by atoms with Crippen molar-refractivity contribution >= 4 is 21.9 Å². The van der Waals surface area contributed by atoms with Crippen molar-refractivity contribution < 1.29 is 40.7 Å². The monoisotopic (exact) mass is 455 g/mol. The van der Waals surface area contributed by atoms with E-state index in [2.05, 4.69) is 9.71 Å². The summed E-state index contributed by atoms with van der Waals surface area (Å²) in [5.74, 6) is -3.47. The van der Waals surface area contributed by atoms with Gasteiger partial charge in [0.1, 0.15) is 5.82 Å². The molecule has 2 fully saturated rings. The number of nitrogens with one attached hydrogen (secondary N) is 1. The molecule has 0 bridgehead atoms. The summed E-state index contributed by atoms with van der Waals surface area (Å²) in [6.45, 7) is 1.22. The highest BCUT2D eigenvalue weighted by Gasteiger charge is 2.47. The van der Waals surface area contributed by atoms with Gasteiger partial charge in [-0.1, -0.05) is 0 Å². The molecule has 1 amide bonds. The number of carboxylic acids is 1. The number of hydrogen-bond donors (Lipinski definition) is 2. The lowest BCUT2D eigenvalue weighted by molar-refractivity contribution is -0.192. The van der Waals surface area contributed by atoms with Crippen LogP contribution in [0.25, 0.3) is 0 Å². The Hall–Kier alpha value is -2.28. The molecule has 8 nitrogen and oxygen atoms in total. The number of nitrogens with zero attached hydrogens (tertiary/aromatic N) is 2. The molecule has 2 aliphatic rings. The molecule has 13 heteroatoms. The van der Waals surface area contributed by atoms with Crippen molar-refractivity contribution in [1.82, 2.24) is 14.6 Å². The van der Waals surface area contributed by atoms with E-state index in [1.165, 1.54) is 18.5 Å². The van der Waals surface area contributed by atoms with Crippen LogP contribution >= 0.6 is 0 Å². The zero-order valence-corrected chi connectivity index (χ0v) is 16.8. The Bertz CT molecular complexity index is 891. The fraction of sp³-hybridized carbons (Fsp3) is 0.588. The van der Waals surface area contributed by atoms with Crippen LogP contribution in [0.15, 0.2) is 18.5 Å². The van der Waals surface area contributed by atoms with Crippen molar-refractivity contribution in [2.24, 2.45) is 5.41 Å². The van der Waals surface area contributed by atoms with Gasteiger partial charge in [-0.25, -0.2) is 22.3 Å². The van der Waals surface area contributed by atoms with Crippen LogP contribution in [-0.4, -0.2) is 66.8 Å². The number of pyridine rings is 1. The second-order valence-electron chi connectivity index (χ2n) is 7.48. The van der Waals surface area contributed by atoms with Crippen LogP contribution in [0.2, 0.25) is 0 Å². The maximum atomic E-state index is 13.2. The van der Waals surface area contributed by atoms with Gasteiger partial charge in [-0.15, -0.1) is 0 Å². The number of alkyl halides is 3. The Kier molecular flexibility index (Phi) is 7.07. The van der Waals surface area contributed by atoms with E-state index in [0.29, 0.717) is 13.1 Å². The Labute approximate surface area is 170 Å². The summed E-state index contributed by atoms with van der Waals surface area (Å²) in [5, 5.41) is 7.12. The molecule has 1 aliphatic heterocycles. The van der Waals surface area contributed by atoms with Gasteiger partial charge >= 0.3 is 12.1 Å². The van der Waals surface area contributed by atoms with E-state index in [1.54, 1.807) is 4.90 Å². The number of hydrogen-bond acceptors (Lipinski definition) is 5. The van der Waals surface area contributed by atoms with E-state index >= 15 is 0 Å². The van der Waals surface area contributed by atoms with E-state index in [9.17, 15) is 30.8 Å². The topological polar surface area (TPSA) is 117 Å². The number of piperidine rings is 1. The lowest BCUT2D eigenvalue weighted by Gasteiger charge is -2.52. The normalized spacial score (nSPS) is 18.9. The van der Waals surface area contributed by atoms with Crippen molar-refractivity contribution in [2.45, 2.75) is 37.9 Å². The number of likely N-dealkylation sites (tertiary alicyclic amines) is 1. The molecule has 168 valence electrons. The molecule has 0 unspecified atom stereocenters. The Morgan fingerprint density at radius 2 is 1.77 bits per heavy atom. The first kappa shape index (κ1) is 24.0. The number of carbonyl (C=O) groups is 2. The first-order valence-corrected chi connectivity index (χ1v) is 10.8. The lowest BCUT2D eigenvalue weighted by Crippen LogP contribution is -2.55. The van der Waals surface area contributed by atoms with Gasteiger partial charge in [0.05, 0.1) is 18.0 Å². The fourth-order valence-corrected chi connectivity index (χ4v) is 4.45. The Morgan fingerprint density at radius 1 is 1.23 bits per heavy atom. The van der Waals surface area contributed by atoms with Crippen LogP contribution < -0.4 is 4.72 Å². The predicted molar refractivity (Wildman–Crippen MR) is 96.5 cm³/mol. The van der Waals surface area contributed by atoms with Gasteiger partial charge in [-0.05, 0) is 37.2 Å². The molecule has 1 aromatic heterocycles. The molecule has 2 heterocycles. The first-order chi connectivity index (χ1) is 13.7. The van der Waals surface area contributed by atoms with Gasteiger partial charge in [-0.3, -0.25) is 9.78 Å². The van der Waals surface area contributed by atoms with Gasteiger partial charge in [0, 0.05) is 25.3 Å². The standard InChI is InChI=1S/C15H20FN3O3S.C2HF3O2/c1-23(21,22)18-13-7-15(8-13)2-4-19(5-3-15)14(20)11-6-12(16)10-17-9-11;3-2(4,5)1(6)7/h6,9-10,13,18H,2-5,7-8H2,1H3;(H,6,7). The Balaban J connectivity index is 0.000000396. The van der Waals surface area contributed by atoms with E-state index in [-0.39, 0.29) is 22.9 Å². The third-order valence-corrected chi connectivity index (χ3v) is 5.81. The van der Waals surface area contributed by atoms with E-state index < -0.39 is 28.0 Å². The minimum atomic E-state index is -5.08. The number of halogens is 4. The minimum absolute atomic E-state index is 0.0136. The number of carbonyl (C=O) groups excluding carboxylic acids is 1. The molecule has 0 atom stereocenters. The lowest BCUT2D eigenvalue weighted by atomic mass is 9.60. The number of aromatic nitrogens is 1. The summed E-state index contributed by atoms with van der Waals surface area (Å²) in [6.07, 6.45) is 1.89. The van der Waals surface area contributed by atoms with Gasteiger partial charge in [0.25, 0.3) is 5.91 Å². The van der Waals surface area contributed by atoms with Crippen LogP contribution in [0, 0.1) is 11.2 Å². The van der Waals surface area contributed by atoms with Crippen molar-refractivity contribution in [1.29, 1.82) is 0 Å². The highest BCUT2D eigenvalue weighted by Crippen LogP contribution is 2.49. The molecule has 0 radical (unpaired) electrons. The van der Waals surface area contributed by atoms with Crippen LogP contribution in [0.4, 0.5) is 17.6 Å². The van der Waals surface area contributed by atoms with Crippen molar-refractivity contribution in [3.63, 3.8) is 0 Å². The molecule has 1 spiro atoms. The number of carboxylic acid groups (broad SMARTS) is 1. The quantitative estimate of drug-likeness (QED) is 0.672. The number of aliphatic carboxylic acids is 1. The number of sulfonamides is 1. The van der Waals surface area contributed by atoms with Gasteiger partial charge < -0.3 is 10.0 Å². The first-order valence-electron chi connectivity index (χ1n) is 8.88. The third-order valence-electron chi connectivity index (χ3n) is 5.05. The average molecular weight is 455 g/mol. The molecule has 3 rings (SSSR count). The highest BCUT2D eigenvalue weighted by molar-refractivity contribution is 7.88. The van der Waals surface area contributed by atoms with Crippen LogP contribution in [-0.2, 0) is 14.8 Å². The van der Waals surface area contributed by atoms with Gasteiger partial charge in [-0.2, -0.15) is 13.2 Å². The molecule has 2 N–H and O–H groups in total. The zero-order chi connectivity index (χ0) is 22.7. The van der Waals surface area contributed by atoms with E-state index in [4.69, 9.17) is 9.90 Å². The summed E-state index contributed by atoms with van der Waals surface area (Å²) in [6, 6.07) is 1.22. The maximum absolute atomic E-state index is 13.2. The maximum Gasteiger partial charge on any atom is 0.490 e. The summed E-state index contributed by atoms with van der Waals surface area (Å²) in [4.78, 5) is 26.7. The molecule has 30 heavy (non-hydrogen) atoms. The molecular formula is C17H21F4N3O5S. The number of rotatable bonds is 3. The summed E-state index contributed by atoms with van der Waals surface area (Å²) in [7, 11) is -3.16. The van der Waals surface area contributed by atoms with Gasteiger partial charge in [0.15, 0.2) is 0 Å². The van der Waals surface area contributed by atoms with Crippen LogP contribution in [0.3, 0.4) is 0 Å². The van der Waals surface area contributed by atoms with Crippen molar-refractivity contribution in [2.75, 3.05) is 19.3 Å². The van der Waals surface area contributed by atoms with Crippen LogP contribution in [0.1, 0.15) is 36.0 Å². The largest absolute Gasteiger partial charge is 0.490 e. The van der Waals surface area contributed by atoms with Crippen molar-refractivity contribution in [3.8, 4) is 0 Å². The highest BCUT2D eigenvalue weighted by atomic mass is 32.2. The molecule has 1 aliphatic carbocycles. The molecular weight excluding hydrogens is 434 g/mol. The average Bonchev–Trinajstić information content (AvgIpc) is 2.59. The SMILES string of the molecule is CS(=O)(=O)NC1CC2(CCN(C(=O)c3cncc(F)c3)CC2)C1.O=C(O)C(F)(F)F. The third kappa shape index (κ3) is 6.62. The molecule has 0 aromatic carbocycles. The summed E-state index contributed by atoms with van der Waals surface area (Å²) >= 11 is 0. The Morgan fingerprint density at radius 3 is 2.20 bits per heavy atom. The van der Waals surface area contributed by atoms with Crippen molar-refractivity contribution in [3.05, 3.63) is 29.8 Å². The van der Waals surface area contributed by atoms with Crippen LogP contribution in [0.5, 0.6) is 0 Å². The fourth-order valence-electron chi connectivity index (χ4n) is 3.68. The second kappa shape index (κ2) is 8.84. The number of amides is 1. The van der Waals surface area contributed by atoms with E-state index in [0.717, 1.165) is 31.9 Å². The molecule has 1 aromatic rings. The predicted octanol–water partition coefficient (Wildman–Crippen LogP) is 1.79. The second-order valence-corrected chi connectivity index (χ2v) is 9.26. The summed E-state index contributed by atoms with van der Waals surface area (Å²) in [5.41, 5.74) is 0.408. The van der Waals surface area contributed by atoms with Gasteiger partial charge in [0.2, 0.25) is 10.0 Å². The molecule has 1 saturated heterocycles. The molecule has 1 saturated carbocycles. The summed E-state index contributed by atoms with van der Waals surface area (Å²) < 4.78 is 70.0. The minimum Gasteiger partial charge on any atom is -0.475 e.